The first-order valence-electron chi connectivity index (χ1n) is 6.43. The van der Waals surface area contributed by atoms with Crippen LogP contribution >= 0.6 is 15.9 Å². The summed E-state index contributed by atoms with van der Waals surface area (Å²) < 4.78 is 6.39. The molecule has 0 aromatic heterocycles. The van der Waals surface area contributed by atoms with Crippen LogP contribution in [-0.4, -0.2) is 12.1 Å². The van der Waals surface area contributed by atoms with E-state index in [4.69, 9.17) is 10.5 Å². The van der Waals surface area contributed by atoms with E-state index < -0.39 is 0 Å². The molecule has 0 atom stereocenters. The summed E-state index contributed by atoms with van der Waals surface area (Å²) >= 11 is 3.34. The number of halogens is 1. The molecule has 3 nitrogen and oxygen atoms in total. The van der Waals surface area contributed by atoms with Crippen molar-refractivity contribution in [3.8, 4) is 0 Å². The smallest absolute Gasteiger partial charge is 0.340 e. The van der Waals surface area contributed by atoms with E-state index in [2.05, 4.69) is 15.9 Å². The first-order chi connectivity index (χ1) is 8.66. The Morgan fingerprint density at radius 1 is 1.22 bits per heavy atom. The molecule has 4 heteroatoms. The predicted octanol–water partition coefficient (Wildman–Crippen LogP) is 3.91. The number of esters is 1. The summed E-state index contributed by atoms with van der Waals surface area (Å²) in [6.45, 7) is 0. The van der Waals surface area contributed by atoms with Crippen LogP contribution in [0.5, 0.6) is 0 Å². The van der Waals surface area contributed by atoms with E-state index in [9.17, 15) is 4.79 Å². The van der Waals surface area contributed by atoms with Crippen molar-refractivity contribution >= 4 is 27.6 Å². The summed E-state index contributed by atoms with van der Waals surface area (Å²) in [7, 11) is 0. The molecule has 1 aromatic rings. The maximum absolute atomic E-state index is 12.1. The molecule has 0 saturated heterocycles. The topological polar surface area (TPSA) is 52.3 Å². The number of rotatable bonds is 2. The number of benzene rings is 1. The Bertz CT molecular complexity index is 426. The standard InChI is InChI=1S/C14H18BrNO2/c15-10-7-8-13(16)12(9-10)14(17)18-11-5-3-1-2-4-6-11/h7-9,11H,1-6,16H2. The van der Waals surface area contributed by atoms with E-state index in [0.717, 1.165) is 30.2 Å². The van der Waals surface area contributed by atoms with Crippen LogP contribution in [0.1, 0.15) is 48.9 Å². The van der Waals surface area contributed by atoms with Crippen LogP contribution in [0, 0.1) is 0 Å². The Balaban J connectivity index is 2.04. The molecule has 1 aliphatic rings. The summed E-state index contributed by atoms with van der Waals surface area (Å²) in [4.78, 5) is 12.1. The quantitative estimate of drug-likeness (QED) is 0.512. The van der Waals surface area contributed by atoms with Crippen molar-refractivity contribution in [2.24, 2.45) is 0 Å². The monoisotopic (exact) mass is 311 g/mol. The van der Waals surface area contributed by atoms with Gasteiger partial charge in [-0.05, 0) is 43.9 Å². The van der Waals surface area contributed by atoms with Crippen molar-refractivity contribution in [2.45, 2.75) is 44.6 Å². The molecule has 2 N–H and O–H groups in total. The van der Waals surface area contributed by atoms with Gasteiger partial charge in [-0.25, -0.2) is 4.79 Å². The highest BCUT2D eigenvalue weighted by Gasteiger charge is 2.19. The van der Waals surface area contributed by atoms with Crippen LogP contribution in [0.2, 0.25) is 0 Å². The molecule has 0 unspecified atom stereocenters. The van der Waals surface area contributed by atoms with Gasteiger partial charge in [0.2, 0.25) is 0 Å². The minimum Gasteiger partial charge on any atom is -0.459 e. The van der Waals surface area contributed by atoms with Gasteiger partial charge in [0.1, 0.15) is 6.10 Å². The fourth-order valence-corrected chi connectivity index (χ4v) is 2.64. The summed E-state index contributed by atoms with van der Waals surface area (Å²) in [5, 5.41) is 0. The Labute approximate surface area is 116 Å². The highest BCUT2D eigenvalue weighted by molar-refractivity contribution is 9.10. The maximum atomic E-state index is 12.1. The van der Waals surface area contributed by atoms with Crippen molar-refractivity contribution in [1.82, 2.24) is 0 Å². The van der Waals surface area contributed by atoms with Gasteiger partial charge in [-0.15, -0.1) is 0 Å². The molecule has 2 rings (SSSR count). The molecule has 98 valence electrons. The van der Waals surface area contributed by atoms with E-state index in [1.165, 1.54) is 12.8 Å². The lowest BCUT2D eigenvalue weighted by atomic mass is 10.1. The Kier molecular flexibility index (Phi) is 4.64. The number of carbonyl (C=O) groups excluding carboxylic acids is 1. The lowest BCUT2D eigenvalue weighted by Crippen LogP contribution is -2.18. The molecule has 0 radical (unpaired) electrons. The zero-order valence-electron chi connectivity index (χ0n) is 10.3. The van der Waals surface area contributed by atoms with E-state index in [1.807, 2.05) is 6.07 Å². The maximum Gasteiger partial charge on any atom is 0.340 e. The summed E-state index contributed by atoms with van der Waals surface area (Å²) in [6, 6.07) is 5.25. The minimum atomic E-state index is -0.305. The molecule has 18 heavy (non-hydrogen) atoms. The number of hydrogen-bond acceptors (Lipinski definition) is 3. The normalized spacial score (nSPS) is 17.2. The third-order valence-corrected chi connectivity index (χ3v) is 3.80. The van der Waals surface area contributed by atoms with Crippen LogP contribution in [0.15, 0.2) is 22.7 Å². The van der Waals surface area contributed by atoms with Crippen molar-refractivity contribution < 1.29 is 9.53 Å². The fraction of sp³-hybridized carbons (Fsp3) is 0.500. The van der Waals surface area contributed by atoms with Crippen LogP contribution in [-0.2, 0) is 4.74 Å². The Morgan fingerprint density at radius 2 is 1.89 bits per heavy atom. The van der Waals surface area contributed by atoms with Gasteiger partial charge < -0.3 is 10.5 Å². The number of ether oxygens (including phenoxy) is 1. The zero-order valence-corrected chi connectivity index (χ0v) is 11.9. The van der Waals surface area contributed by atoms with Crippen molar-refractivity contribution in [3.05, 3.63) is 28.2 Å². The predicted molar refractivity (Wildman–Crippen MR) is 75.5 cm³/mol. The lowest BCUT2D eigenvalue weighted by Gasteiger charge is -2.16. The second-order valence-corrected chi connectivity index (χ2v) is 5.67. The average molecular weight is 312 g/mol. The summed E-state index contributed by atoms with van der Waals surface area (Å²) in [5.41, 5.74) is 6.73. The third-order valence-electron chi connectivity index (χ3n) is 3.31. The van der Waals surface area contributed by atoms with E-state index in [-0.39, 0.29) is 12.1 Å². The van der Waals surface area contributed by atoms with Crippen molar-refractivity contribution in [2.75, 3.05) is 5.73 Å². The molecule has 1 aliphatic carbocycles. The number of carbonyl (C=O) groups is 1. The highest BCUT2D eigenvalue weighted by atomic mass is 79.9. The lowest BCUT2D eigenvalue weighted by molar-refractivity contribution is 0.0268. The molecule has 0 aliphatic heterocycles. The van der Waals surface area contributed by atoms with Gasteiger partial charge >= 0.3 is 5.97 Å². The third kappa shape index (κ3) is 3.48. The van der Waals surface area contributed by atoms with Gasteiger partial charge in [0.25, 0.3) is 0 Å². The second-order valence-electron chi connectivity index (χ2n) is 4.75. The first kappa shape index (κ1) is 13.4. The van der Waals surface area contributed by atoms with Crippen LogP contribution in [0.3, 0.4) is 0 Å². The van der Waals surface area contributed by atoms with Crippen LogP contribution < -0.4 is 5.73 Å². The number of nitrogens with two attached hydrogens (primary N) is 1. The molecule has 1 aromatic carbocycles. The van der Waals surface area contributed by atoms with Crippen LogP contribution in [0.4, 0.5) is 5.69 Å². The van der Waals surface area contributed by atoms with Gasteiger partial charge in [0, 0.05) is 10.2 Å². The molecule has 0 heterocycles. The SMILES string of the molecule is Nc1ccc(Br)cc1C(=O)OC1CCCCCC1. The number of nitrogen functional groups attached to an aromatic ring is 1. The molecular weight excluding hydrogens is 294 g/mol. The fourth-order valence-electron chi connectivity index (χ4n) is 2.28. The molecule has 0 amide bonds. The van der Waals surface area contributed by atoms with Crippen molar-refractivity contribution in [1.29, 1.82) is 0 Å². The van der Waals surface area contributed by atoms with Gasteiger partial charge in [0.05, 0.1) is 5.56 Å². The first-order valence-corrected chi connectivity index (χ1v) is 7.22. The second kappa shape index (κ2) is 6.23. The minimum absolute atomic E-state index is 0.0541. The highest BCUT2D eigenvalue weighted by Crippen LogP contribution is 2.23. The molecule has 1 saturated carbocycles. The van der Waals surface area contributed by atoms with Crippen molar-refractivity contribution in [3.63, 3.8) is 0 Å². The van der Waals surface area contributed by atoms with Gasteiger partial charge in [-0.1, -0.05) is 28.8 Å². The molecule has 0 bridgehead atoms. The van der Waals surface area contributed by atoms with Crippen LogP contribution in [0.25, 0.3) is 0 Å². The van der Waals surface area contributed by atoms with Gasteiger partial charge in [-0.3, -0.25) is 0 Å². The van der Waals surface area contributed by atoms with E-state index >= 15 is 0 Å². The molecular formula is C14H18BrNO2. The van der Waals surface area contributed by atoms with Gasteiger partial charge in [-0.2, -0.15) is 0 Å². The summed E-state index contributed by atoms with van der Waals surface area (Å²) in [5.74, 6) is -0.305. The van der Waals surface area contributed by atoms with Gasteiger partial charge in [0.15, 0.2) is 0 Å². The number of hydrogen-bond donors (Lipinski definition) is 1. The number of anilines is 1. The largest absolute Gasteiger partial charge is 0.459 e. The van der Waals surface area contributed by atoms with E-state index in [0.29, 0.717) is 11.3 Å². The Hall–Kier alpha value is -1.03. The molecule has 1 fully saturated rings. The van der Waals surface area contributed by atoms with E-state index in [1.54, 1.807) is 12.1 Å². The summed E-state index contributed by atoms with van der Waals surface area (Å²) in [6.07, 6.45) is 6.77. The average Bonchev–Trinajstić information content (AvgIpc) is 2.61. The Morgan fingerprint density at radius 3 is 2.56 bits per heavy atom. The zero-order chi connectivity index (χ0) is 13.0. The molecule has 0 spiro atoms.